The smallest absolute Gasteiger partial charge is 0.0795 e. The number of hydrogen-bond acceptors (Lipinski definition) is 1. The maximum absolute atomic E-state index is 9.92. The third-order valence-corrected chi connectivity index (χ3v) is 2.68. The van der Waals surface area contributed by atoms with Gasteiger partial charge in [-0.1, -0.05) is 6.92 Å². The van der Waals surface area contributed by atoms with Crippen molar-refractivity contribution in [1.29, 1.82) is 0 Å². The van der Waals surface area contributed by atoms with E-state index in [1.807, 2.05) is 13.8 Å². The second-order valence-corrected chi connectivity index (χ2v) is 4.05. The summed E-state index contributed by atoms with van der Waals surface area (Å²) in [7, 11) is 0. The highest BCUT2D eigenvalue weighted by molar-refractivity contribution is 5.14. The van der Waals surface area contributed by atoms with Gasteiger partial charge in [-0.05, 0) is 39.3 Å². The molecule has 2 nitrogen and oxygen atoms in total. The molecule has 0 aliphatic rings. The van der Waals surface area contributed by atoms with Gasteiger partial charge >= 0.3 is 0 Å². The van der Waals surface area contributed by atoms with Gasteiger partial charge in [0.05, 0.1) is 12.1 Å². The fraction of sp³-hybridized carbons (Fsp3) is 0.636. The molecule has 1 N–H and O–H groups in total. The molecular weight excluding hydrogens is 162 g/mol. The number of aryl methyl sites for hydroxylation is 2. The van der Waals surface area contributed by atoms with Crippen molar-refractivity contribution in [3.8, 4) is 0 Å². The van der Waals surface area contributed by atoms with Gasteiger partial charge in [0.2, 0.25) is 0 Å². The van der Waals surface area contributed by atoms with Crippen molar-refractivity contribution >= 4 is 0 Å². The summed E-state index contributed by atoms with van der Waals surface area (Å²) >= 11 is 0. The van der Waals surface area contributed by atoms with E-state index in [1.165, 1.54) is 11.4 Å². The third kappa shape index (κ3) is 2.34. The first-order valence-electron chi connectivity index (χ1n) is 4.81. The average Bonchev–Trinajstić information content (AvgIpc) is 2.36. The molecule has 0 amide bonds. The molecule has 1 atom stereocenters. The lowest BCUT2D eigenvalue weighted by Crippen LogP contribution is -2.30. The maximum Gasteiger partial charge on any atom is 0.0795 e. The zero-order valence-corrected chi connectivity index (χ0v) is 8.96. The molecule has 0 aliphatic carbocycles. The maximum atomic E-state index is 9.92. The minimum absolute atomic E-state index is 0.589. The molecular formula is C11H19NO. The molecule has 13 heavy (non-hydrogen) atoms. The molecule has 1 rings (SSSR count). The Bertz CT molecular complexity index is 267. The minimum Gasteiger partial charge on any atom is -0.388 e. The monoisotopic (exact) mass is 181 g/mol. The van der Waals surface area contributed by atoms with Gasteiger partial charge in [-0.25, -0.2) is 0 Å². The molecule has 74 valence electrons. The first kappa shape index (κ1) is 10.3. The number of aromatic nitrogens is 1. The van der Waals surface area contributed by atoms with E-state index in [4.69, 9.17) is 0 Å². The first-order chi connectivity index (χ1) is 5.96. The third-order valence-electron chi connectivity index (χ3n) is 2.68. The number of rotatable bonds is 3. The summed E-state index contributed by atoms with van der Waals surface area (Å²) in [5, 5.41) is 9.92. The van der Waals surface area contributed by atoms with Crippen LogP contribution in [0.2, 0.25) is 0 Å². The van der Waals surface area contributed by atoms with Crippen molar-refractivity contribution in [3.63, 3.8) is 0 Å². The topological polar surface area (TPSA) is 25.2 Å². The quantitative estimate of drug-likeness (QED) is 0.760. The van der Waals surface area contributed by atoms with Gasteiger partial charge in [0.15, 0.2) is 0 Å². The van der Waals surface area contributed by atoms with E-state index >= 15 is 0 Å². The van der Waals surface area contributed by atoms with Crippen LogP contribution >= 0.6 is 0 Å². The van der Waals surface area contributed by atoms with Crippen LogP contribution in [0.3, 0.4) is 0 Å². The Balaban J connectivity index is 2.85. The minimum atomic E-state index is -0.589. The molecule has 0 aromatic carbocycles. The van der Waals surface area contributed by atoms with E-state index in [-0.39, 0.29) is 0 Å². The van der Waals surface area contributed by atoms with Crippen LogP contribution in [-0.2, 0) is 6.54 Å². The largest absolute Gasteiger partial charge is 0.388 e. The van der Waals surface area contributed by atoms with Crippen molar-refractivity contribution in [3.05, 3.63) is 23.5 Å². The molecule has 2 heteroatoms. The Kier molecular flexibility index (Phi) is 2.81. The second kappa shape index (κ2) is 3.54. The molecule has 0 bridgehead atoms. The predicted molar refractivity (Wildman–Crippen MR) is 54.8 cm³/mol. The SMILES string of the molecule is CCC(C)(O)Cn1c(C)ccc1C. The van der Waals surface area contributed by atoms with Crippen LogP contribution in [0.25, 0.3) is 0 Å². The summed E-state index contributed by atoms with van der Waals surface area (Å²) in [4.78, 5) is 0. The van der Waals surface area contributed by atoms with Crippen molar-refractivity contribution in [2.75, 3.05) is 0 Å². The Morgan fingerprint density at radius 3 is 2.15 bits per heavy atom. The Hall–Kier alpha value is -0.760. The highest BCUT2D eigenvalue weighted by atomic mass is 16.3. The van der Waals surface area contributed by atoms with Gasteiger partial charge in [0.25, 0.3) is 0 Å². The summed E-state index contributed by atoms with van der Waals surface area (Å²) in [6, 6.07) is 4.17. The van der Waals surface area contributed by atoms with E-state index in [0.29, 0.717) is 6.54 Å². The molecule has 0 saturated carbocycles. The van der Waals surface area contributed by atoms with Crippen molar-refractivity contribution < 1.29 is 5.11 Å². The summed E-state index contributed by atoms with van der Waals surface area (Å²) in [6.07, 6.45) is 0.782. The van der Waals surface area contributed by atoms with E-state index in [9.17, 15) is 5.11 Å². The van der Waals surface area contributed by atoms with Crippen molar-refractivity contribution in [1.82, 2.24) is 4.57 Å². The fourth-order valence-electron chi connectivity index (χ4n) is 1.40. The van der Waals surface area contributed by atoms with E-state index in [0.717, 1.165) is 6.42 Å². The van der Waals surface area contributed by atoms with Crippen LogP contribution in [0.15, 0.2) is 12.1 Å². The Morgan fingerprint density at radius 1 is 1.31 bits per heavy atom. The van der Waals surface area contributed by atoms with Crippen LogP contribution in [-0.4, -0.2) is 15.3 Å². The normalized spacial score (nSPS) is 15.8. The number of hydrogen-bond donors (Lipinski definition) is 1. The van der Waals surface area contributed by atoms with Crippen molar-refractivity contribution in [2.24, 2.45) is 0 Å². The molecule has 1 unspecified atom stereocenters. The second-order valence-electron chi connectivity index (χ2n) is 4.05. The lowest BCUT2D eigenvalue weighted by Gasteiger charge is -2.24. The first-order valence-corrected chi connectivity index (χ1v) is 4.81. The average molecular weight is 181 g/mol. The van der Waals surface area contributed by atoms with Crippen LogP contribution < -0.4 is 0 Å². The van der Waals surface area contributed by atoms with Crippen LogP contribution in [0.5, 0.6) is 0 Å². The zero-order chi connectivity index (χ0) is 10.1. The van der Waals surface area contributed by atoms with Gasteiger partial charge < -0.3 is 9.67 Å². The van der Waals surface area contributed by atoms with Crippen LogP contribution in [0.4, 0.5) is 0 Å². The lowest BCUT2D eigenvalue weighted by atomic mass is 10.0. The molecule has 0 radical (unpaired) electrons. The van der Waals surface area contributed by atoms with Gasteiger partial charge in [0.1, 0.15) is 0 Å². The highest BCUT2D eigenvalue weighted by Crippen LogP contribution is 2.16. The van der Waals surface area contributed by atoms with Gasteiger partial charge in [-0.15, -0.1) is 0 Å². The molecule has 0 saturated heterocycles. The summed E-state index contributed by atoms with van der Waals surface area (Å²) < 4.78 is 2.16. The molecule has 1 heterocycles. The van der Waals surface area contributed by atoms with E-state index < -0.39 is 5.60 Å². The van der Waals surface area contributed by atoms with Gasteiger partial charge in [-0.2, -0.15) is 0 Å². The molecule has 0 aliphatic heterocycles. The van der Waals surface area contributed by atoms with Crippen LogP contribution in [0.1, 0.15) is 31.7 Å². The molecule has 0 spiro atoms. The molecule has 1 aromatic rings. The zero-order valence-electron chi connectivity index (χ0n) is 8.96. The summed E-state index contributed by atoms with van der Waals surface area (Å²) in [6.45, 7) is 8.71. The number of aliphatic hydroxyl groups is 1. The van der Waals surface area contributed by atoms with E-state index in [2.05, 4.69) is 30.5 Å². The van der Waals surface area contributed by atoms with Crippen molar-refractivity contribution in [2.45, 2.75) is 46.3 Å². The Labute approximate surface area is 80.2 Å². The standard InChI is InChI=1S/C11H19NO/c1-5-11(4,13)8-12-9(2)6-7-10(12)3/h6-7,13H,5,8H2,1-4H3. The molecule has 1 aromatic heterocycles. The summed E-state index contributed by atoms with van der Waals surface area (Å²) in [5.41, 5.74) is 1.84. The number of nitrogens with zero attached hydrogens (tertiary/aromatic N) is 1. The van der Waals surface area contributed by atoms with Gasteiger partial charge in [-0.3, -0.25) is 0 Å². The lowest BCUT2D eigenvalue weighted by molar-refractivity contribution is 0.0370. The fourth-order valence-corrected chi connectivity index (χ4v) is 1.40. The van der Waals surface area contributed by atoms with Crippen LogP contribution in [0, 0.1) is 13.8 Å². The highest BCUT2D eigenvalue weighted by Gasteiger charge is 2.19. The Morgan fingerprint density at radius 2 is 1.77 bits per heavy atom. The van der Waals surface area contributed by atoms with E-state index in [1.54, 1.807) is 0 Å². The summed E-state index contributed by atoms with van der Waals surface area (Å²) in [5.74, 6) is 0. The molecule has 0 fully saturated rings. The predicted octanol–water partition coefficient (Wildman–Crippen LogP) is 2.27. The van der Waals surface area contributed by atoms with Gasteiger partial charge in [0, 0.05) is 11.4 Å².